The van der Waals surface area contributed by atoms with E-state index in [9.17, 15) is 0 Å². The topological polar surface area (TPSA) is 0 Å². The Morgan fingerprint density at radius 3 is 0.556 bits per heavy atom. The van der Waals surface area contributed by atoms with Crippen molar-refractivity contribution in [1.29, 1.82) is 0 Å². The van der Waals surface area contributed by atoms with Gasteiger partial charge in [0.15, 0.2) is 0 Å². The molecule has 0 spiro atoms. The molecule has 5 heteroatoms. The Morgan fingerprint density at radius 1 is 0.556 bits per heavy atom. The smallest absolute Gasteiger partial charge is 0.576 e. The van der Waals surface area contributed by atoms with E-state index in [2.05, 4.69) is 26.2 Å². The summed E-state index contributed by atoms with van der Waals surface area (Å²) in [6.07, 6.45) is 0. The second-order valence-electron chi connectivity index (χ2n) is 1.50. The molecular formula is C4H8Li4Si. The van der Waals surface area contributed by atoms with Crippen molar-refractivity contribution in [2.24, 2.45) is 0 Å². The van der Waals surface area contributed by atoms with Crippen LogP contribution in [-0.4, -0.2) is 8.07 Å². The molecule has 0 amide bonds. The van der Waals surface area contributed by atoms with Crippen LogP contribution >= 0.6 is 0 Å². The van der Waals surface area contributed by atoms with Crippen LogP contribution in [-0.2, 0) is 0 Å². The van der Waals surface area contributed by atoms with Crippen LogP contribution in [0, 0.1) is 26.2 Å². The zero-order chi connectivity index (χ0) is 4.50. The summed E-state index contributed by atoms with van der Waals surface area (Å²) >= 11 is 0. The molecule has 0 N–H and O–H groups in total. The Hall–Kier alpha value is 2.61. The first-order valence-corrected chi connectivity index (χ1v) is 4.24. The van der Waals surface area contributed by atoms with E-state index in [0.29, 0.717) is 0 Å². The molecule has 0 atom stereocenters. The van der Waals surface area contributed by atoms with E-state index in [1.54, 1.807) is 0 Å². The van der Waals surface area contributed by atoms with Gasteiger partial charge in [-0.15, -0.1) is 0 Å². The largest absolute Gasteiger partial charge is 1.00 e. The molecule has 0 heterocycles. The summed E-state index contributed by atoms with van der Waals surface area (Å²) < 4.78 is 0. The fraction of sp³-hybridized carbons (Fsp3) is 0. The third-order valence-corrected chi connectivity index (χ3v) is 0. The molecule has 9 heavy (non-hydrogen) atoms. The van der Waals surface area contributed by atoms with Crippen LogP contribution in [0.5, 0.6) is 0 Å². The fourth-order valence-corrected chi connectivity index (χ4v) is 0. The monoisotopic (exact) mass is 112 g/mol. The van der Waals surface area contributed by atoms with Gasteiger partial charge in [0.25, 0.3) is 0 Å². The Bertz CT molecular complexity index is 28.0. The molecule has 0 radical (unpaired) electrons. The van der Waals surface area contributed by atoms with Crippen molar-refractivity contribution in [2.45, 2.75) is 0 Å². The Morgan fingerprint density at radius 2 is 0.556 bits per heavy atom. The first-order valence-electron chi connectivity index (χ1n) is 1.41. The summed E-state index contributed by atoms with van der Waals surface area (Å²) in [4.78, 5) is 0. The molecule has 32 valence electrons. The van der Waals surface area contributed by atoms with Crippen LogP contribution in [0.15, 0.2) is 0 Å². The number of hydrogen-bond donors (Lipinski definition) is 0. The number of hydrogen-bond acceptors (Lipinski definition) is 0. The molecule has 0 saturated carbocycles. The SMILES string of the molecule is [CH2-][Si]([CH2-])([CH2-])[CH2-].[Li+].[Li+].[Li+].[Li+]. The quantitative estimate of drug-likeness (QED) is 0.215. The van der Waals surface area contributed by atoms with E-state index < -0.39 is 8.07 Å². The van der Waals surface area contributed by atoms with Crippen LogP contribution in [0.1, 0.15) is 0 Å². The van der Waals surface area contributed by atoms with Crippen LogP contribution in [0.25, 0.3) is 0 Å². The second kappa shape index (κ2) is 13.2. The van der Waals surface area contributed by atoms with Gasteiger partial charge in [-0.25, -0.2) is 0 Å². The minimum absolute atomic E-state index is 0. The van der Waals surface area contributed by atoms with Gasteiger partial charge >= 0.3 is 75.4 Å². The van der Waals surface area contributed by atoms with Crippen molar-refractivity contribution in [1.82, 2.24) is 0 Å². The van der Waals surface area contributed by atoms with Crippen LogP contribution < -0.4 is 75.4 Å². The Labute approximate surface area is 108 Å². The van der Waals surface area contributed by atoms with E-state index in [0.717, 1.165) is 0 Å². The molecule has 0 aromatic carbocycles. The van der Waals surface area contributed by atoms with E-state index in [1.165, 1.54) is 0 Å². The normalized spacial score (nSPS) is 6.67. The van der Waals surface area contributed by atoms with Crippen molar-refractivity contribution < 1.29 is 75.4 Å². The standard InChI is InChI=1S/C4H8Si.4Li/c1-5(2,3)4;;;;/h1-4H2;;;;/q-4;4*+1. The predicted octanol–water partition coefficient (Wildman–Crippen LogP) is -11.1. The average molecular weight is 112 g/mol. The molecule has 0 rings (SSSR count). The fourth-order valence-electron chi connectivity index (χ4n) is 0. The van der Waals surface area contributed by atoms with E-state index >= 15 is 0 Å². The molecule has 0 nitrogen and oxygen atoms in total. The summed E-state index contributed by atoms with van der Waals surface area (Å²) in [5.41, 5.74) is 0. The molecule has 0 unspecified atom stereocenters. The van der Waals surface area contributed by atoms with E-state index in [4.69, 9.17) is 0 Å². The molecule has 0 aromatic rings. The van der Waals surface area contributed by atoms with E-state index in [-0.39, 0.29) is 75.4 Å². The number of rotatable bonds is 0. The minimum Gasteiger partial charge on any atom is -0.576 e. The molecular weight excluding hydrogens is 104 g/mol. The van der Waals surface area contributed by atoms with Crippen LogP contribution in [0.4, 0.5) is 0 Å². The first-order chi connectivity index (χ1) is 2.00. The maximum atomic E-state index is 3.58. The summed E-state index contributed by atoms with van der Waals surface area (Å²) in [5, 5.41) is 0. The zero-order valence-electron chi connectivity index (χ0n) is 7.33. The summed E-state index contributed by atoms with van der Waals surface area (Å²) in [5.74, 6) is 0. The summed E-state index contributed by atoms with van der Waals surface area (Å²) in [7, 11) is -1.61. The van der Waals surface area contributed by atoms with E-state index in [1.807, 2.05) is 0 Å². The van der Waals surface area contributed by atoms with Gasteiger partial charge in [0.1, 0.15) is 0 Å². The van der Waals surface area contributed by atoms with Gasteiger partial charge in [-0.1, -0.05) is 0 Å². The maximum absolute atomic E-state index is 3.58. The Kier molecular flexibility index (Phi) is 43.9. The maximum Gasteiger partial charge on any atom is 1.00 e. The van der Waals surface area contributed by atoms with Crippen LogP contribution in [0.3, 0.4) is 0 Å². The van der Waals surface area contributed by atoms with Crippen molar-refractivity contribution in [3.05, 3.63) is 26.2 Å². The molecule has 0 saturated heterocycles. The molecule has 0 aromatic heterocycles. The molecule has 0 aliphatic heterocycles. The first kappa shape index (κ1) is 29.9. The molecule has 0 fully saturated rings. The van der Waals surface area contributed by atoms with Gasteiger partial charge in [0.2, 0.25) is 0 Å². The molecule has 0 bridgehead atoms. The minimum atomic E-state index is -1.61. The molecule has 0 aliphatic rings. The van der Waals surface area contributed by atoms with Gasteiger partial charge in [-0.3, -0.25) is 0 Å². The third kappa shape index (κ3) is 116. The van der Waals surface area contributed by atoms with Crippen molar-refractivity contribution in [3.63, 3.8) is 0 Å². The average Bonchev–Trinajstić information content (AvgIpc) is 0.722. The predicted molar refractivity (Wildman–Crippen MR) is 27.2 cm³/mol. The second-order valence-corrected chi connectivity index (χ2v) is 4.50. The van der Waals surface area contributed by atoms with Crippen molar-refractivity contribution >= 4 is 8.07 Å². The van der Waals surface area contributed by atoms with Crippen molar-refractivity contribution in [2.75, 3.05) is 0 Å². The van der Waals surface area contributed by atoms with Crippen molar-refractivity contribution in [3.8, 4) is 0 Å². The van der Waals surface area contributed by atoms with Gasteiger partial charge < -0.3 is 34.3 Å². The summed E-state index contributed by atoms with van der Waals surface area (Å²) in [6.45, 7) is 14.3. The Balaban J connectivity index is -0.0000000133. The van der Waals surface area contributed by atoms with Gasteiger partial charge in [-0.05, 0) is 0 Å². The van der Waals surface area contributed by atoms with Crippen LogP contribution in [0.2, 0.25) is 0 Å². The summed E-state index contributed by atoms with van der Waals surface area (Å²) in [6, 6.07) is 0. The zero-order valence-corrected chi connectivity index (χ0v) is 8.33. The third-order valence-electron chi connectivity index (χ3n) is 0. The van der Waals surface area contributed by atoms with Gasteiger partial charge in [-0.2, -0.15) is 0 Å². The van der Waals surface area contributed by atoms with Gasteiger partial charge in [0, 0.05) is 0 Å². The van der Waals surface area contributed by atoms with Gasteiger partial charge in [0.05, 0.1) is 0 Å². The molecule has 0 aliphatic carbocycles.